The van der Waals surface area contributed by atoms with Crippen molar-refractivity contribution in [2.45, 2.75) is 45.2 Å². The van der Waals surface area contributed by atoms with Gasteiger partial charge in [0.25, 0.3) is 0 Å². The minimum absolute atomic E-state index is 0.734. The standard InChI is InChI=1S/C11H22N2/c1-3-9-6-10(9)13-7-11-8(2)4-5-12-11/h8-13H,3-7H2,1-2H3. The molecule has 2 fully saturated rings. The molecule has 4 unspecified atom stereocenters. The highest BCUT2D eigenvalue weighted by Crippen LogP contribution is 2.33. The van der Waals surface area contributed by atoms with Crippen molar-refractivity contribution in [2.75, 3.05) is 13.1 Å². The summed E-state index contributed by atoms with van der Waals surface area (Å²) in [5.74, 6) is 1.85. The van der Waals surface area contributed by atoms with Crippen LogP contribution in [-0.2, 0) is 0 Å². The van der Waals surface area contributed by atoms with Crippen molar-refractivity contribution in [3.8, 4) is 0 Å². The molecule has 1 aliphatic carbocycles. The average Bonchev–Trinajstić information content (AvgIpc) is 2.79. The lowest BCUT2D eigenvalue weighted by Gasteiger charge is -2.16. The van der Waals surface area contributed by atoms with Crippen LogP contribution in [-0.4, -0.2) is 25.2 Å². The molecule has 13 heavy (non-hydrogen) atoms. The second kappa shape index (κ2) is 3.97. The van der Waals surface area contributed by atoms with Gasteiger partial charge < -0.3 is 10.6 Å². The van der Waals surface area contributed by atoms with E-state index in [9.17, 15) is 0 Å². The van der Waals surface area contributed by atoms with Crippen molar-refractivity contribution >= 4 is 0 Å². The van der Waals surface area contributed by atoms with Crippen LogP contribution in [0.2, 0.25) is 0 Å². The largest absolute Gasteiger partial charge is 0.312 e. The van der Waals surface area contributed by atoms with Crippen molar-refractivity contribution in [1.82, 2.24) is 10.6 Å². The Bertz CT molecular complexity index is 169. The van der Waals surface area contributed by atoms with Gasteiger partial charge in [-0.25, -0.2) is 0 Å². The third-order valence-electron chi connectivity index (χ3n) is 3.74. The lowest BCUT2D eigenvalue weighted by atomic mass is 10.0. The van der Waals surface area contributed by atoms with E-state index in [1.165, 1.54) is 32.4 Å². The molecule has 1 heterocycles. The Kier molecular flexibility index (Phi) is 2.89. The first-order valence-corrected chi connectivity index (χ1v) is 5.78. The van der Waals surface area contributed by atoms with E-state index in [-0.39, 0.29) is 0 Å². The quantitative estimate of drug-likeness (QED) is 0.686. The predicted octanol–water partition coefficient (Wildman–Crippen LogP) is 1.37. The number of hydrogen-bond acceptors (Lipinski definition) is 2. The SMILES string of the molecule is CCC1CC1NCC1NCCC1C. The summed E-state index contributed by atoms with van der Waals surface area (Å²) in [6.07, 6.45) is 4.12. The Hall–Kier alpha value is -0.0800. The van der Waals surface area contributed by atoms with Gasteiger partial charge in [0.05, 0.1) is 0 Å². The molecule has 4 atom stereocenters. The van der Waals surface area contributed by atoms with Gasteiger partial charge in [0.15, 0.2) is 0 Å². The minimum atomic E-state index is 0.734. The molecule has 2 aliphatic rings. The first-order chi connectivity index (χ1) is 6.31. The highest BCUT2D eigenvalue weighted by atomic mass is 15.0. The van der Waals surface area contributed by atoms with Crippen LogP contribution in [0.3, 0.4) is 0 Å². The van der Waals surface area contributed by atoms with Crippen LogP contribution in [0.25, 0.3) is 0 Å². The first-order valence-electron chi connectivity index (χ1n) is 5.78. The van der Waals surface area contributed by atoms with E-state index in [0.29, 0.717) is 0 Å². The highest BCUT2D eigenvalue weighted by Gasteiger charge is 2.35. The maximum absolute atomic E-state index is 3.67. The molecule has 0 spiro atoms. The van der Waals surface area contributed by atoms with Crippen LogP contribution in [0, 0.1) is 11.8 Å². The summed E-state index contributed by atoms with van der Waals surface area (Å²) in [4.78, 5) is 0. The lowest BCUT2D eigenvalue weighted by molar-refractivity contribution is 0.441. The number of rotatable bonds is 4. The zero-order chi connectivity index (χ0) is 9.26. The van der Waals surface area contributed by atoms with E-state index in [2.05, 4.69) is 24.5 Å². The third kappa shape index (κ3) is 2.23. The molecule has 2 rings (SSSR count). The summed E-state index contributed by atoms with van der Waals surface area (Å²) < 4.78 is 0. The van der Waals surface area contributed by atoms with E-state index in [1.54, 1.807) is 0 Å². The molecule has 76 valence electrons. The molecule has 2 N–H and O–H groups in total. The Morgan fingerprint density at radius 2 is 2.31 bits per heavy atom. The molecule has 0 amide bonds. The molecular weight excluding hydrogens is 160 g/mol. The fourth-order valence-electron chi connectivity index (χ4n) is 2.40. The highest BCUT2D eigenvalue weighted by molar-refractivity contribution is 4.94. The van der Waals surface area contributed by atoms with E-state index in [4.69, 9.17) is 0 Å². The van der Waals surface area contributed by atoms with Gasteiger partial charge in [0, 0.05) is 18.6 Å². The molecule has 1 saturated carbocycles. The van der Waals surface area contributed by atoms with Gasteiger partial charge in [0.1, 0.15) is 0 Å². The van der Waals surface area contributed by atoms with Crippen molar-refractivity contribution in [3.05, 3.63) is 0 Å². The summed E-state index contributed by atoms with van der Waals surface area (Å²) in [6, 6.07) is 1.58. The van der Waals surface area contributed by atoms with Crippen LogP contribution in [0.1, 0.15) is 33.1 Å². The van der Waals surface area contributed by atoms with Crippen LogP contribution in [0.5, 0.6) is 0 Å². The van der Waals surface area contributed by atoms with Crippen molar-refractivity contribution in [3.63, 3.8) is 0 Å². The zero-order valence-corrected chi connectivity index (χ0v) is 8.84. The van der Waals surface area contributed by atoms with Crippen LogP contribution < -0.4 is 10.6 Å². The summed E-state index contributed by atoms with van der Waals surface area (Å²) in [5.41, 5.74) is 0. The van der Waals surface area contributed by atoms with E-state index < -0.39 is 0 Å². The summed E-state index contributed by atoms with van der Waals surface area (Å²) in [6.45, 7) is 7.05. The number of hydrogen-bond donors (Lipinski definition) is 2. The Morgan fingerprint density at radius 3 is 2.85 bits per heavy atom. The minimum Gasteiger partial charge on any atom is -0.312 e. The maximum Gasteiger partial charge on any atom is 0.0218 e. The predicted molar refractivity (Wildman–Crippen MR) is 55.8 cm³/mol. The Morgan fingerprint density at radius 1 is 1.46 bits per heavy atom. The maximum atomic E-state index is 3.67. The molecular formula is C11H22N2. The third-order valence-corrected chi connectivity index (χ3v) is 3.74. The molecule has 0 bridgehead atoms. The second-order valence-electron chi connectivity index (χ2n) is 4.75. The average molecular weight is 182 g/mol. The van der Waals surface area contributed by atoms with Gasteiger partial charge in [-0.3, -0.25) is 0 Å². The molecule has 0 aromatic rings. The van der Waals surface area contributed by atoms with Crippen molar-refractivity contribution < 1.29 is 0 Å². The number of nitrogens with one attached hydrogen (secondary N) is 2. The van der Waals surface area contributed by atoms with Crippen LogP contribution in [0.15, 0.2) is 0 Å². The van der Waals surface area contributed by atoms with Gasteiger partial charge in [-0.2, -0.15) is 0 Å². The fraction of sp³-hybridized carbons (Fsp3) is 1.00. The van der Waals surface area contributed by atoms with E-state index in [1.807, 2.05) is 0 Å². The zero-order valence-electron chi connectivity index (χ0n) is 8.84. The van der Waals surface area contributed by atoms with Gasteiger partial charge in [0.2, 0.25) is 0 Å². The first kappa shape index (κ1) is 9.47. The molecule has 1 saturated heterocycles. The molecule has 0 radical (unpaired) electrons. The van der Waals surface area contributed by atoms with Gasteiger partial charge >= 0.3 is 0 Å². The molecule has 2 heteroatoms. The van der Waals surface area contributed by atoms with Gasteiger partial charge in [-0.15, -0.1) is 0 Å². The summed E-state index contributed by atoms with van der Waals surface area (Å²) in [5, 5.41) is 7.23. The fourth-order valence-corrected chi connectivity index (χ4v) is 2.40. The van der Waals surface area contributed by atoms with Crippen LogP contribution >= 0.6 is 0 Å². The van der Waals surface area contributed by atoms with Gasteiger partial charge in [-0.1, -0.05) is 20.3 Å². The van der Waals surface area contributed by atoms with E-state index in [0.717, 1.165) is 23.9 Å². The normalized spacial score (nSPS) is 43.8. The van der Waals surface area contributed by atoms with E-state index >= 15 is 0 Å². The smallest absolute Gasteiger partial charge is 0.0218 e. The molecule has 0 aromatic carbocycles. The second-order valence-corrected chi connectivity index (χ2v) is 4.75. The Balaban J connectivity index is 1.63. The van der Waals surface area contributed by atoms with Gasteiger partial charge in [-0.05, 0) is 31.2 Å². The topological polar surface area (TPSA) is 24.1 Å². The molecule has 2 nitrogen and oxygen atoms in total. The monoisotopic (exact) mass is 182 g/mol. The Labute approximate surface area is 81.5 Å². The van der Waals surface area contributed by atoms with Crippen molar-refractivity contribution in [2.24, 2.45) is 11.8 Å². The van der Waals surface area contributed by atoms with Crippen molar-refractivity contribution in [1.29, 1.82) is 0 Å². The summed E-state index contributed by atoms with van der Waals surface area (Å²) >= 11 is 0. The summed E-state index contributed by atoms with van der Waals surface area (Å²) in [7, 11) is 0. The lowest BCUT2D eigenvalue weighted by Crippen LogP contribution is -2.38. The molecule has 0 aromatic heterocycles. The van der Waals surface area contributed by atoms with Crippen LogP contribution in [0.4, 0.5) is 0 Å². The molecule has 1 aliphatic heterocycles.